The maximum Gasteiger partial charge on any atom is 0.264 e. The summed E-state index contributed by atoms with van der Waals surface area (Å²) in [6.45, 7) is 21.3. The van der Waals surface area contributed by atoms with Crippen LogP contribution in [0.1, 0.15) is 113 Å². The van der Waals surface area contributed by atoms with E-state index in [1.165, 1.54) is 51.2 Å². The molecule has 3 fully saturated rings. The third-order valence-corrected chi connectivity index (χ3v) is 16.9. The summed E-state index contributed by atoms with van der Waals surface area (Å²) >= 11 is 0. The lowest BCUT2D eigenvalue weighted by atomic mass is 9.47. The minimum Gasteiger partial charge on any atom is -0.414 e. The van der Waals surface area contributed by atoms with Crippen molar-refractivity contribution in [3.05, 3.63) is 11.6 Å². The van der Waals surface area contributed by atoms with Crippen LogP contribution in [0, 0.1) is 46.3 Å². The van der Waals surface area contributed by atoms with E-state index in [4.69, 9.17) is 8.61 Å². The van der Waals surface area contributed by atoms with Gasteiger partial charge in [-0.05, 0) is 129 Å². The maximum absolute atomic E-state index is 11.8. The lowest BCUT2D eigenvalue weighted by Crippen LogP contribution is -2.51. The van der Waals surface area contributed by atoms with Gasteiger partial charge in [0.05, 0.1) is 12.4 Å². The SMILES string of the molecule is CC(C)C(CCC(C)[C@H]1CCC2C3CC=C4C[C@@H](O[Si](C)(C)C(C)C)CC[C@]4(C)C3CC[C@@]21C)OS(C)(=O)=O. The van der Waals surface area contributed by atoms with Crippen LogP contribution in [0.25, 0.3) is 0 Å². The van der Waals surface area contributed by atoms with Crippen molar-refractivity contribution in [3.8, 4) is 0 Å². The molecular formula is C33H60O4SSi. The van der Waals surface area contributed by atoms with Gasteiger partial charge >= 0.3 is 0 Å². The van der Waals surface area contributed by atoms with Crippen LogP contribution in [-0.4, -0.2) is 35.2 Å². The lowest BCUT2D eigenvalue weighted by Gasteiger charge is -2.59. The number of rotatable bonds is 10. The lowest BCUT2D eigenvalue weighted by molar-refractivity contribution is -0.0569. The Kier molecular flexibility index (Phi) is 9.35. The molecule has 0 aromatic heterocycles. The van der Waals surface area contributed by atoms with Crippen LogP contribution in [0.15, 0.2) is 11.6 Å². The van der Waals surface area contributed by atoms with Crippen LogP contribution in [-0.2, 0) is 18.7 Å². The highest BCUT2D eigenvalue weighted by Crippen LogP contribution is 2.67. The molecule has 0 aliphatic heterocycles. The molecule has 0 N–H and O–H groups in total. The zero-order valence-electron chi connectivity index (χ0n) is 26.9. The van der Waals surface area contributed by atoms with E-state index in [-0.39, 0.29) is 12.0 Å². The Morgan fingerprint density at radius 2 is 1.67 bits per heavy atom. The highest BCUT2D eigenvalue weighted by atomic mass is 32.2. The Hall–Kier alpha value is -0.173. The van der Waals surface area contributed by atoms with Crippen molar-refractivity contribution < 1.29 is 17.0 Å². The second-order valence-corrected chi connectivity index (χ2v) is 22.1. The summed E-state index contributed by atoms with van der Waals surface area (Å²) in [5.41, 5.74) is 3.17. The van der Waals surface area contributed by atoms with Gasteiger partial charge in [0.2, 0.25) is 0 Å². The van der Waals surface area contributed by atoms with Gasteiger partial charge < -0.3 is 4.43 Å². The molecule has 226 valence electrons. The first kappa shape index (κ1) is 31.8. The third-order valence-electron chi connectivity index (χ3n) is 12.6. The van der Waals surface area contributed by atoms with Gasteiger partial charge in [0.1, 0.15) is 0 Å². The quantitative estimate of drug-likeness (QED) is 0.147. The first-order valence-electron chi connectivity index (χ1n) is 16.2. The second-order valence-electron chi connectivity index (χ2n) is 15.9. The summed E-state index contributed by atoms with van der Waals surface area (Å²) in [6, 6.07) is 0. The third kappa shape index (κ3) is 6.44. The summed E-state index contributed by atoms with van der Waals surface area (Å²) in [5, 5.41) is 0. The molecule has 39 heavy (non-hydrogen) atoms. The summed E-state index contributed by atoms with van der Waals surface area (Å²) in [6.07, 6.45) is 16.4. The highest BCUT2D eigenvalue weighted by molar-refractivity contribution is 7.86. The van der Waals surface area contributed by atoms with Crippen molar-refractivity contribution in [2.75, 3.05) is 6.26 Å². The fraction of sp³-hybridized carbons (Fsp3) is 0.939. The highest BCUT2D eigenvalue weighted by Gasteiger charge is 2.59. The molecule has 9 atom stereocenters. The van der Waals surface area contributed by atoms with Crippen LogP contribution < -0.4 is 0 Å². The molecule has 6 heteroatoms. The minimum absolute atomic E-state index is 0.206. The van der Waals surface area contributed by atoms with Crippen molar-refractivity contribution in [2.45, 2.75) is 144 Å². The molecule has 0 saturated heterocycles. The van der Waals surface area contributed by atoms with Crippen LogP contribution in [0.4, 0.5) is 0 Å². The van der Waals surface area contributed by atoms with Crippen LogP contribution in [0.5, 0.6) is 0 Å². The first-order valence-corrected chi connectivity index (χ1v) is 21.0. The molecule has 0 bridgehead atoms. The van der Waals surface area contributed by atoms with Gasteiger partial charge in [-0.1, -0.05) is 60.1 Å². The molecule has 5 unspecified atom stereocenters. The minimum atomic E-state index is -3.42. The van der Waals surface area contributed by atoms with Gasteiger partial charge in [-0.3, -0.25) is 4.18 Å². The van der Waals surface area contributed by atoms with Crippen molar-refractivity contribution in [3.63, 3.8) is 0 Å². The molecule has 4 aliphatic rings. The van der Waals surface area contributed by atoms with E-state index < -0.39 is 18.4 Å². The van der Waals surface area contributed by atoms with Crippen molar-refractivity contribution in [1.29, 1.82) is 0 Å². The van der Waals surface area contributed by atoms with Gasteiger partial charge in [-0.15, -0.1) is 0 Å². The average molecular weight is 581 g/mol. The number of hydrogen-bond donors (Lipinski definition) is 0. The predicted octanol–water partition coefficient (Wildman–Crippen LogP) is 8.98. The summed E-state index contributed by atoms with van der Waals surface area (Å²) in [4.78, 5) is 0. The molecule has 4 rings (SSSR count). The normalized spacial score (nSPS) is 38.7. The van der Waals surface area contributed by atoms with Gasteiger partial charge in [-0.25, -0.2) is 0 Å². The number of allylic oxidation sites excluding steroid dienone is 1. The van der Waals surface area contributed by atoms with E-state index in [1.807, 2.05) is 0 Å². The van der Waals surface area contributed by atoms with Crippen molar-refractivity contribution in [1.82, 2.24) is 0 Å². The molecule has 0 aromatic rings. The number of fused-ring (bicyclic) bond motifs is 5. The topological polar surface area (TPSA) is 52.6 Å². The molecule has 4 aliphatic carbocycles. The van der Waals surface area contributed by atoms with Crippen molar-refractivity contribution in [2.24, 2.45) is 46.3 Å². The standard InChI is InChI=1S/C33H60O4SSi/c1-22(2)31(36-38(8,34)35)16-11-24(5)28-14-15-29-27-13-12-25-21-26(37-39(9,10)23(3)4)17-19-32(25,6)30(27)18-20-33(28,29)7/h12,22-24,26-31H,11,13-21H2,1-10H3/t24?,26-,27?,28+,29?,30?,31?,32-,33+/m0/s1. The second kappa shape index (κ2) is 11.5. The van der Waals surface area contributed by atoms with E-state index in [9.17, 15) is 8.42 Å². The smallest absolute Gasteiger partial charge is 0.264 e. The maximum atomic E-state index is 11.8. The van der Waals surface area contributed by atoms with Crippen LogP contribution in [0.3, 0.4) is 0 Å². The Morgan fingerprint density at radius 1 is 0.974 bits per heavy atom. The predicted molar refractivity (Wildman–Crippen MR) is 166 cm³/mol. The molecule has 0 amide bonds. The summed E-state index contributed by atoms with van der Waals surface area (Å²) in [7, 11) is -5.05. The summed E-state index contributed by atoms with van der Waals surface area (Å²) < 4.78 is 36.0. The molecule has 0 aromatic carbocycles. The van der Waals surface area contributed by atoms with E-state index in [1.54, 1.807) is 5.57 Å². The largest absolute Gasteiger partial charge is 0.414 e. The molecule has 3 saturated carbocycles. The zero-order chi connectivity index (χ0) is 29.0. The van der Waals surface area contributed by atoms with E-state index >= 15 is 0 Å². The molecular weight excluding hydrogens is 521 g/mol. The Morgan fingerprint density at radius 3 is 2.28 bits per heavy atom. The Balaban J connectivity index is 1.43. The van der Waals surface area contributed by atoms with Crippen LogP contribution in [0.2, 0.25) is 18.6 Å². The van der Waals surface area contributed by atoms with E-state index in [0.29, 0.717) is 28.4 Å². The van der Waals surface area contributed by atoms with Gasteiger partial charge in [0, 0.05) is 6.10 Å². The van der Waals surface area contributed by atoms with Crippen LogP contribution >= 0.6 is 0 Å². The molecule has 0 spiro atoms. The Labute approximate surface area is 242 Å². The fourth-order valence-corrected chi connectivity index (χ4v) is 11.7. The monoisotopic (exact) mass is 580 g/mol. The van der Waals surface area contributed by atoms with Gasteiger partial charge in [0.15, 0.2) is 8.32 Å². The molecule has 4 nitrogen and oxygen atoms in total. The van der Waals surface area contributed by atoms with Gasteiger partial charge in [0.25, 0.3) is 10.1 Å². The van der Waals surface area contributed by atoms with E-state index in [0.717, 1.165) is 42.9 Å². The summed E-state index contributed by atoms with van der Waals surface area (Å²) in [5.74, 6) is 4.03. The first-order chi connectivity index (χ1) is 18.0. The van der Waals surface area contributed by atoms with Gasteiger partial charge in [-0.2, -0.15) is 8.42 Å². The zero-order valence-corrected chi connectivity index (χ0v) is 28.7. The van der Waals surface area contributed by atoms with E-state index in [2.05, 4.69) is 67.6 Å². The molecule has 0 radical (unpaired) electrons. The molecule has 0 heterocycles. The van der Waals surface area contributed by atoms with Crippen molar-refractivity contribution >= 4 is 18.4 Å². The fourth-order valence-electron chi connectivity index (χ4n) is 9.61. The Bertz CT molecular complexity index is 1000. The average Bonchev–Trinajstić information content (AvgIpc) is 3.18. The number of hydrogen-bond acceptors (Lipinski definition) is 4.